The normalized spacial score (nSPS) is 11.4. The van der Waals surface area contributed by atoms with E-state index in [1.54, 1.807) is 31.1 Å². The maximum absolute atomic E-state index is 12.0. The van der Waals surface area contributed by atoms with Crippen LogP contribution in [0, 0.1) is 6.92 Å². The van der Waals surface area contributed by atoms with Crippen LogP contribution in [-0.4, -0.2) is 45.6 Å². The van der Waals surface area contributed by atoms with Gasteiger partial charge in [-0.1, -0.05) is 6.92 Å². The summed E-state index contributed by atoms with van der Waals surface area (Å²) in [5.41, 5.74) is 7.46. The van der Waals surface area contributed by atoms with Crippen molar-refractivity contribution in [3.8, 4) is 28.2 Å². The Labute approximate surface area is 205 Å². The highest BCUT2D eigenvalue weighted by atomic mass is 16.1. The molecular formula is C26H23N9O. The molecule has 0 atom stereocenters. The summed E-state index contributed by atoms with van der Waals surface area (Å²) in [6.45, 7) is 3.93. The third-order valence-electron chi connectivity index (χ3n) is 6.03. The molecule has 6 aromatic heterocycles. The van der Waals surface area contributed by atoms with Gasteiger partial charge in [-0.3, -0.25) is 19.9 Å². The summed E-state index contributed by atoms with van der Waals surface area (Å²) >= 11 is 0. The number of hydrogen-bond donors (Lipinski definition) is 3. The predicted molar refractivity (Wildman–Crippen MR) is 138 cm³/mol. The van der Waals surface area contributed by atoms with Crippen LogP contribution in [0.4, 0.5) is 5.69 Å². The maximum atomic E-state index is 12.0. The molecule has 0 unspecified atom stereocenters. The monoisotopic (exact) mass is 477 g/mol. The molecule has 0 saturated carbocycles. The minimum atomic E-state index is -0.0272. The Morgan fingerprint density at radius 2 is 1.86 bits per heavy atom. The number of H-pyrrole nitrogens is 2. The SMILES string of the molecule is CCCC(=O)Nc1cncc(-c2cnc3n[nH]c(-c4cc5c(-n6cnc(C)c6)cncc5[nH]4)c3c2)c1. The van der Waals surface area contributed by atoms with Crippen LogP contribution < -0.4 is 5.32 Å². The third-order valence-corrected chi connectivity index (χ3v) is 6.03. The second-order valence-corrected chi connectivity index (χ2v) is 8.68. The number of pyridine rings is 3. The zero-order valence-electron chi connectivity index (χ0n) is 19.8. The Bertz CT molecular complexity index is 1730. The molecule has 0 aliphatic carbocycles. The zero-order chi connectivity index (χ0) is 24.6. The molecule has 3 N–H and O–H groups in total. The number of nitrogens with zero attached hydrogens (tertiary/aromatic N) is 6. The van der Waals surface area contributed by atoms with Crippen molar-refractivity contribution >= 4 is 33.5 Å². The van der Waals surface area contributed by atoms with E-state index >= 15 is 0 Å². The molecule has 36 heavy (non-hydrogen) atoms. The number of anilines is 1. The molecule has 10 heteroatoms. The second-order valence-electron chi connectivity index (χ2n) is 8.68. The molecule has 0 bridgehead atoms. The molecule has 6 heterocycles. The van der Waals surface area contributed by atoms with Crippen molar-refractivity contribution in [3.63, 3.8) is 0 Å². The lowest BCUT2D eigenvalue weighted by atomic mass is 10.1. The van der Waals surface area contributed by atoms with Crippen molar-refractivity contribution < 1.29 is 4.79 Å². The van der Waals surface area contributed by atoms with Gasteiger partial charge < -0.3 is 14.9 Å². The van der Waals surface area contributed by atoms with Crippen molar-refractivity contribution in [1.29, 1.82) is 0 Å². The lowest BCUT2D eigenvalue weighted by molar-refractivity contribution is -0.116. The van der Waals surface area contributed by atoms with Gasteiger partial charge >= 0.3 is 0 Å². The van der Waals surface area contributed by atoms with Crippen molar-refractivity contribution in [2.45, 2.75) is 26.7 Å². The van der Waals surface area contributed by atoms with Crippen LogP contribution in [-0.2, 0) is 4.79 Å². The largest absolute Gasteiger partial charge is 0.352 e. The molecule has 1 amide bonds. The molecule has 178 valence electrons. The molecular weight excluding hydrogens is 454 g/mol. The molecule has 0 aliphatic heterocycles. The van der Waals surface area contributed by atoms with Crippen molar-refractivity contribution in [2.24, 2.45) is 0 Å². The van der Waals surface area contributed by atoms with E-state index in [-0.39, 0.29) is 5.91 Å². The summed E-state index contributed by atoms with van der Waals surface area (Å²) in [6, 6.07) is 6.00. The number of amides is 1. The fourth-order valence-electron chi connectivity index (χ4n) is 4.31. The average Bonchev–Trinajstić information content (AvgIpc) is 3.61. The summed E-state index contributed by atoms with van der Waals surface area (Å²) in [6.07, 6.45) is 13.8. The topological polar surface area (TPSA) is 130 Å². The van der Waals surface area contributed by atoms with Crippen LogP contribution in [0.2, 0.25) is 0 Å². The number of rotatable bonds is 6. The van der Waals surface area contributed by atoms with E-state index in [2.05, 4.69) is 46.5 Å². The van der Waals surface area contributed by atoms with E-state index in [1.165, 1.54) is 0 Å². The van der Waals surface area contributed by atoms with Gasteiger partial charge in [0, 0.05) is 46.9 Å². The Morgan fingerprint density at radius 3 is 2.69 bits per heavy atom. The van der Waals surface area contributed by atoms with E-state index in [4.69, 9.17) is 0 Å². The summed E-state index contributed by atoms with van der Waals surface area (Å²) in [5, 5.41) is 12.3. The van der Waals surface area contributed by atoms with Gasteiger partial charge in [-0.2, -0.15) is 5.10 Å². The van der Waals surface area contributed by atoms with Gasteiger partial charge in [0.25, 0.3) is 0 Å². The molecule has 0 saturated heterocycles. The zero-order valence-corrected chi connectivity index (χ0v) is 19.8. The quantitative estimate of drug-likeness (QED) is 0.316. The fourth-order valence-corrected chi connectivity index (χ4v) is 4.31. The molecule has 0 spiro atoms. The smallest absolute Gasteiger partial charge is 0.224 e. The summed E-state index contributed by atoms with van der Waals surface area (Å²) in [4.78, 5) is 33.1. The number of aryl methyl sites for hydroxylation is 1. The Kier molecular flexibility index (Phi) is 5.25. The molecule has 0 aliphatic rings. The minimum Gasteiger partial charge on any atom is -0.352 e. The van der Waals surface area contributed by atoms with Gasteiger partial charge in [0.15, 0.2) is 5.65 Å². The number of aromatic nitrogens is 8. The van der Waals surface area contributed by atoms with E-state index < -0.39 is 0 Å². The molecule has 0 radical (unpaired) electrons. The predicted octanol–water partition coefficient (Wildman–Crippen LogP) is 4.80. The van der Waals surface area contributed by atoms with E-state index in [0.29, 0.717) is 17.8 Å². The minimum absolute atomic E-state index is 0.0272. The van der Waals surface area contributed by atoms with Crippen LogP contribution in [0.3, 0.4) is 0 Å². The Morgan fingerprint density at radius 1 is 1.00 bits per heavy atom. The van der Waals surface area contributed by atoms with Crippen molar-refractivity contribution in [1.82, 2.24) is 39.7 Å². The summed E-state index contributed by atoms with van der Waals surface area (Å²) < 4.78 is 1.96. The molecule has 10 nitrogen and oxygen atoms in total. The number of carbonyl (C=O) groups excluding carboxylic acids is 1. The highest BCUT2D eigenvalue weighted by Crippen LogP contribution is 2.32. The summed E-state index contributed by atoms with van der Waals surface area (Å²) in [7, 11) is 0. The first-order valence-corrected chi connectivity index (χ1v) is 11.7. The maximum Gasteiger partial charge on any atom is 0.224 e. The van der Waals surface area contributed by atoms with Gasteiger partial charge in [-0.25, -0.2) is 9.97 Å². The van der Waals surface area contributed by atoms with Gasteiger partial charge in [0.1, 0.15) is 0 Å². The number of carbonyl (C=O) groups is 1. The van der Waals surface area contributed by atoms with Crippen LogP contribution >= 0.6 is 0 Å². The Balaban J connectivity index is 1.40. The second kappa shape index (κ2) is 8.73. The molecule has 6 aromatic rings. The highest BCUT2D eigenvalue weighted by Gasteiger charge is 2.15. The lowest BCUT2D eigenvalue weighted by Crippen LogP contribution is -2.10. The highest BCUT2D eigenvalue weighted by molar-refractivity contribution is 5.98. The van der Waals surface area contributed by atoms with Crippen LogP contribution in [0.15, 0.2) is 61.7 Å². The number of imidazole rings is 1. The van der Waals surface area contributed by atoms with Gasteiger partial charge in [-0.15, -0.1) is 0 Å². The first-order chi connectivity index (χ1) is 17.6. The van der Waals surface area contributed by atoms with Crippen LogP contribution in [0.25, 0.3) is 50.1 Å². The number of fused-ring (bicyclic) bond motifs is 2. The van der Waals surface area contributed by atoms with Crippen molar-refractivity contribution in [3.05, 3.63) is 67.4 Å². The fraction of sp³-hybridized carbons (Fsp3) is 0.154. The molecule has 0 fully saturated rings. The first kappa shape index (κ1) is 21.7. The van der Waals surface area contributed by atoms with E-state index in [9.17, 15) is 4.79 Å². The first-order valence-electron chi connectivity index (χ1n) is 11.7. The molecule has 6 rings (SSSR count). The standard InChI is InChI=1S/C26H23N9O/c1-3-4-24(36)31-18-5-16(8-27-10-18)17-6-20-25(33-34-26(20)29-9-17)21-7-19-22(32-21)11-28-12-23(19)35-13-15(2)30-14-35/h5-14,32H,3-4H2,1-2H3,(H,31,36)(H,29,33,34). The van der Waals surface area contributed by atoms with Crippen molar-refractivity contribution in [2.75, 3.05) is 5.32 Å². The van der Waals surface area contributed by atoms with Crippen LogP contribution in [0.5, 0.6) is 0 Å². The van der Waals surface area contributed by atoms with E-state index in [0.717, 1.165) is 56.6 Å². The lowest BCUT2D eigenvalue weighted by Gasteiger charge is -2.07. The number of aromatic amines is 2. The molecule has 0 aromatic carbocycles. The summed E-state index contributed by atoms with van der Waals surface area (Å²) in [5.74, 6) is -0.0272. The third kappa shape index (κ3) is 3.88. The number of nitrogens with one attached hydrogen (secondary N) is 3. The number of hydrogen-bond acceptors (Lipinski definition) is 6. The van der Waals surface area contributed by atoms with Gasteiger partial charge in [0.05, 0.1) is 58.9 Å². The van der Waals surface area contributed by atoms with Gasteiger partial charge in [0.2, 0.25) is 5.91 Å². The van der Waals surface area contributed by atoms with E-state index in [1.807, 2.05) is 42.9 Å². The van der Waals surface area contributed by atoms with Gasteiger partial charge in [-0.05, 0) is 31.5 Å². The van der Waals surface area contributed by atoms with Crippen LogP contribution in [0.1, 0.15) is 25.5 Å². The average molecular weight is 478 g/mol. The Hall–Kier alpha value is -4.86.